The number of benzene rings is 1. The van der Waals surface area contributed by atoms with E-state index in [1.54, 1.807) is 18.4 Å². The van der Waals surface area contributed by atoms with E-state index in [1.165, 1.54) is 24.8 Å². The number of hydrogen-bond acceptors (Lipinski definition) is 3. The fourth-order valence-electron chi connectivity index (χ4n) is 3.35. The molecule has 1 aromatic carbocycles. The highest BCUT2D eigenvalue weighted by Gasteiger charge is 2.20. The molecule has 3 rings (SSSR count). The van der Waals surface area contributed by atoms with Gasteiger partial charge in [0, 0.05) is 31.7 Å². The maximum absolute atomic E-state index is 12.4. The predicted octanol–water partition coefficient (Wildman–Crippen LogP) is 4.13. The van der Waals surface area contributed by atoms with Crippen LogP contribution in [-0.4, -0.2) is 18.9 Å². The molecule has 0 radical (unpaired) electrons. The van der Waals surface area contributed by atoms with Crippen LogP contribution in [0.2, 0.25) is 0 Å². The summed E-state index contributed by atoms with van der Waals surface area (Å²) < 4.78 is 0. The summed E-state index contributed by atoms with van der Waals surface area (Å²) in [5.74, 6) is 1.09. The van der Waals surface area contributed by atoms with Gasteiger partial charge in [0.15, 0.2) is 5.96 Å². The number of rotatable bonds is 6. The lowest BCUT2D eigenvalue weighted by atomic mass is 9.88. The Morgan fingerprint density at radius 3 is 2.59 bits per heavy atom. The molecule has 144 valence electrons. The van der Waals surface area contributed by atoms with Gasteiger partial charge in [-0.05, 0) is 52.9 Å². The zero-order chi connectivity index (χ0) is 18.9. The molecule has 0 aliphatic heterocycles. The van der Waals surface area contributed by atoms with Crippen molar-refractivity contribution < 1.29 is 4.79 Å². The van der Waals surface area contributed by atoms with Crippen molar-refractivity contribution >= 4 is 28.9 Å². The molecule has 1 heterocycles. The minimum atomic E-state index is 0.160. The maximum atomic E-state index is 12.4. The lowest BCUT2D eigenvalue weighted by Crippen LogP contribution is -2.36. The molecule has 1 fully saturated rings. The van der Waals surface area contributed by atoms with Crippen molar-refractivity contribution in [2.24, 2.45) is 10.9 Å². The molecular formula is C21H28N4OS. The van der Waals surface area contributed by atoms with Gasteiger partial charge in [-0.25, -0.2) is 0 Å². The molecule has 0 saturated heterocycles. The van der Waals surface area contributed by atoms with Crippen LogP contribution >= 0.6 is 11.3 Å². The third-order valence-corrected chi connectivity index (χ3v) is 5.63. The topological polar surface area (TPSA) is 65.5 Å². The minimum absolute atomic E-state index is 0.160. The van der Waals surface area contributed by atoms with E-state index in [0.717, 1.165) is 36.6 Å². The molecule has 1 aromatic heterocycles. The minimum Gasteiger partial charge on any atom is -0.352 e. The Morgan fingerprint density at radius 1 is 1.11 bits per heavy atom. The standard InChI is InChI=1S/C21H28N4OS/c1-22-21(24-14-17-10-11-27-15-17)23-13-16-6-5-9-19(12-16)25-20(26)18-7-3-2-4-8-18/h5-6,9-12,15,18H,2-4,7-8,13-14H2,1H3,(H,25,26)(H2,22,23,24). The van der Waals surface area contributed by atoms with Gasteiger partial charge in [0.05, 0.1) is 0 Å². The number of guanidine groups is 1. The number of hydrogen-bond donors (Lipinski definition) is 3. The Labute approximate surface area is 165 Å². The normalized spacial score (nSPS) is 15.4. The van der Waals surface area contributed by atoms with Crippen molar-refractivity contribution in [1.29, 1.82) is 0 Å². The van der Waals surface area contributed by atoms with E-state index in [-0.39, 0.29) is 11.8 Å². The van der Waals surface area contributed by atoms with Crippen LogP contribution in [0.4, 0.5) is 5.69 Å². The number of thiophene rings is 1. The second kappa shape index (κ2) is 10.1. The van der Waals surface area contributed by atoms with Crippen LogP contribution in [0.25, 0.3) is 0 Å². The largest absolute Gasteiger partial charge is 0.352 e. The van der Waals surface area contributed by atoms with Crippen LogP contribution in [0.15, 0.2) is 46.1 Å². The van der Waals surface area contributed by atoms with Crippen LogP contribution in [0.3, 0.4) is 0 Å². The lowest BCUT2D eigenvalue weighted by molar-refractivity contribution is -0.120. The molecule has 1 saturated carbocycles. The SMILES string of the molecule is CN=C(NCc1ccsc1)NCc1cccc(NC(=O)C2CCCCC2)c1. The Hall–Kier alpha value is -2.34. The molecule has 1 amide bonds. The maximum Gasteiger partial charge on any atom is 0.227 e. The first-order valence-corrected chi connectivity index (χ1v) is 10.5. The van der Waals surface area contributed by atoms with E-state index in [2.05, 4.69) is 43.8 Å². The van der Waals surface area contributed by atoms with Gasteiger partial charge >= 0.3 is 0 Å². The van der Waals surface area contributed by atoms with Crippen molar-refractivity contribution in [3.63, 3.8) is 0 Å². The van der Waals surface area contributed by atoms with Gasteiger partial charge in [0.1, 0.15) is 0 Å². The second-order valence-electron chi connectivity index (χ2n) is 6.94. The number of aliphatic imine (C=N–C) groups is 1. The molecule has 1 aliphatic rings. The van der Waals surface area contributed by atoms with Crippen molar-refractivity contribution in [2.45, 2.75) is 45.2 Å². The zero-order valence-electron chi connectivity index (χ0n) is 15.8. The lowest BCUT2D eigenvalue weighted by Gasteiger charge is -2.21. The summed E-state index contributed by atoms with van der Waals surface area (Å²) in [4.78, 5) is 16.7. The highest BCUT2D eigenvalue weighted by atomic mass is 32.1. The summed E-state index contributed by atoms with van der Waals surface area (Å²) in [7, 11) is 1.77. The molecule has 2 aromatic rings. The number of nitrogens with zero attached hydrogens (tertiary/aromatic N) is 1. The van der Waals surface area contributed by atoms with E-state index in [1.807, 2.05) is 18.2 Å². The van der Waals surface area contributed by atoms with Crippen molar-refractivity contribution in [3.8, 4) is 0 Å². The van der Waals surface area contributed by atoms with Gasteiger partial charge < -0.3 is 16.0 Å². The van der Waals surface area contributed by atoms with Crippen LogP contribution in [0.5, 0.6) is 0 Å². The van der Waals surface area contributed by atoms with Crippen molar-refractivity contribution in [2.75, 3.05) is 12.4 Å². The van der Waals surface area contributed by atoms with E-state index in [0.29, 0.717) is 6.54 Å². The van der Waals surface area contributed by atoms with Crippen LogP contribution in [0, 0.1) is 5.92 Å². The Balaban J connectivity index is 1.49. The molecule has 0 atom stereocenters. The molecular weight excluding hydrogens is 356 g/mol. The third kappa shape index (κ3) is 6.10. The number of nitrogens with one attached hydrogen (secondary N) is 3. The smallest absolute Gasteiger partial charge is 0.227 e. The zero-order valence-corrected chi connectivity index (χ0v) is 16.6. The molecule has 6 heteroatoms. The first kappa shape index (κ1) is 19.4. The number of amides is 1. The highest BCUT2D eigenvalue weighted by molar-refractivity contribution is 7.07. The average molecular weight is 385 g/mol. The number of carbonyl (C=O) groups is 1. The summed E-state index contributed by atoms with van der Waals surface area (Å²) in [5, 5.41) is 13.9. The van der Waals surface area contributed by atoms with Crippen LogP contribution in [-0.2, 0) is 17.9 Å². The molecule has 0 unspecified atom stereocenters. The van der Waals surface area contributed by atoms with E-state index < -0.39 is 0 Å². The fraction of sp³-hybridized carbons (Fsp3) is 0.429. The monoisotopic (exact) mass is 384 g/mol. The quantitative estimate of drug-likeness (QED) is 0.518. The number of carbonyl (C=O) groups excluding carboxylic acids is 1. The molecule has 0 bridgehead atoms. The van der Waals surface area contributed by atoms with Crippen LogP contribution in [0.1, 0.15) is 43.2 Å². The molecule has 27 heavy (non-hydrogen) atoms. The first-order chi connectivity index (χ1) is 13.2. The summed E-state index contributed by atoms with van der Waals surface area (Å²) in [6, 6.07) is 10.1. The Morgan fingerprint density at radius 2 is 1.89 bits per heavy atom. The van der Waals surface area contributed by atoms with E-state index in [9.17, 15) is 4.79 Å². The van der Waals surface area contributed by atoms with Crippen LogP contribution < -0.4 is 16.0 Å². The second-order valence-corrected chi connectivity index (χ2v) is 7.72. The van der Waals surface area contributed by atoms with Gasteiger partial charge in [-0.1, -0.05) is 31.4 Å². The average Bonchev–Trinajstić information content (AvgIpc) is 3.23. The van der Waals surface area contributed by atoms with Crippen molar-refractivity contribution in [3.05, 3.63) is 52.2 Å². The Bertz CT molecular complexity index is 751. The van der Waals surface area contributed by atoms with Gasteiger partial charge in [0.25, 0.3) is 0 Å². The third-order valence-electron chi connectivity index (χ3n) is 4.89. The molecule has 3 N–H and O–H groups in total. The van der Waals surface area contributed by atoms with E-state index in [4.69, 9.17) is 0 Å². The summed E-state index contributed by atoms with van der Waals surface area (Å²) >= 11 is 1.69. The summed E-state index contributed by atoms with van der Waals surface area (Å²) in [5.41, 5.74) is 3.22. The Kier molecular flexibility index (Phi) is 7.27. The summed E-state index contributed by atoms with van der Waals surface area (Å²) in [6.45, 7) is 1.40. The molecule has 1 aliphatic carbocycles. The number of anilines is 1. The van der Waals surface area contributed by atoms with Crippen molar-refractivity contribution in [1.82, 2.24) is 10.6 Å². The molecule has 0 spiro atoms. The highest BCUT2D eigenvalue weighted by Crippen LogP contribution is 2.25. The summed E-state index contributed by atoms with van der Waals surface area (Å²) in [6.07, 6.45) is 5.62. The van der Waals surface area contributed by atoms with Gasteiger partial charge in [-0.15, -0.1) is 0 Å². The van der Waals surface area contributed by atoms with Gasteiger partial charge in [0.2, 0.25) is 5.91 Å². The molecule has 5 nitrogen and oxygen atoms in total. The van der Waals surface area contributed by atoms with Gasteiger partial charge in [-0.3, -0.25) is 9.79 Å². The van der Waals surface area contributed by atoms with E-state index >= 15 is 0 Å². The van der Waals surface area contributed by atoms with Gasteiger partial charge in [-0.2, -0.15) is 11.3 Å². The fourth-order valence-corrected chi connectivity index (χ4v) is 4.02. The first-order valence-electron chi connectivity index (χ1n) is 9.60. The predicted molar refractivity (Wildman–Crippen MR) is 113 cm³/mol.